The first kappa shape index (κ1) is 19.2. The van der Waals surface area contributed by atoms with Crippen LogP contribution in [0.4, 0.5) is 13.2 Å². The predicted molar refractivity (Wildman–Crippen MR) is 90.1 cm³/mol. The van der Waals surface area contributed by atoms with Crippen LogP contribution in [0.15, 0.2) is 59.5 Å². The quantitative estimate of drug-likeness (QED) is 0.487. The van der Waals surface area contributed by atoms with E-state index in [2.05, 4.69) is 0 Å². The summed E-state index contributed by atoms with van der Waals surface area (Å²) in [6.07, 6.45) is 2.40. The van der Waals surface area contributed by atoms with Crippen LogP contribution < -0.4 is 11.0 Å². The molecule has 0 saturated heterocycles. The van der Waals surface area contributed by atoms with Gasteiger partial charge in [0.25, 0.3) is 11.5 Å². The van der Waals surface area contributed by atoms with Crippen molar-refractivity contribution in [3.8, 4) is 0 Å². The average Bonchev–Trinajstić information content (AvgIpc) is 2.61. The van der Waals surface area contributed by atoms with Crippen LogP contribution in [0, 0.1) is 0 Å². The number of hydroxylamine groups is 1. The van der Waals surface area contributed by atoms with E-state index < -0.39 is 17.6 Å². The molecule has 0 fully saturated rings. The highest BCUT2D eigenvalue weighted by atomic mass is 19.4. The fourth-order valence-corrected chi connectivity index (χ4v) is 2.15. The minimum atomic E-state index is -4.41. The molecule has 1 aromatic carbocycles. The molecule has 26 heavy (non-hydrogen) atoms. The SMILES string of the molecule is O=C(/C=C/c1cccn(C/C=C/c2cccc(C(F)(F)F)c2)c1=O)NO. The van der Waals surface area contributed by atoms with E-state index >= 15 is 0 Å². The normalized spacial score (nSPS) is 12.0. The van der Waals surface area contributed by atoms with Gasteiger partial charge in [-0.05, 0) is 35.9 Å². The molecule has 0 spiro atoms. The zero-order chi connectivity index (χ0) is 19.2. The van der Waals surface area contributed by atoms with E-state index in [-0.39, 0.29) is 17.7 Å². The second kappa shape index (κ2) is 8.30. The molecule has 2 N–H and O–H groups in total. The number of hydrogen-bond donors (Lipinski definition) is 2. The van der Waals surface area contributed by atoms with Gasteiger partial charge in [0, 0.05) is 24.4 Å². The van der Waals surface area contributed by atoms with Crippen molar-refractivity contribution < 1.29 is 23.2 Å². The van der Waals surface area contributed by atoms with Crippen LogP contribution in [0.25, 0.3) is 12.2 Å². The van der Waals surface area contributed by atoms with Crippen LogP contribution in [0.2, 0.25) is 0 Å². The van der Waals surface area contributed by atoms with Crippen LogP contribution in [0.3, 0.4) is 0 Å². The smallest absolute Gasteiger partial charge is 0.311 e. The van der Waals surface area contributed by atoms with Crippen molar-refractivity contribution in [1.29, 1.82) is 0 Å². The molecule has 0 saturated carbocycles. The lowest BCUT2D eigenvalue weighted by atomic mass is 10.1. The molecule has 0 radical (unpaired) electrons. The molecule has 0 atom stereocenters. The number of aromatic nitrogens is 1. The maximum atomic E-state index is 12.7. The van der Waals surface area contributed by atoms with E-state index in [1.54, 1.807) is 12.1 Å². The van der Waals surface area contributed by atoms with Gasteiger partial charge in [-0.25, -0.2) is 5.48 Å². The Bertz CT molecular complexity index is 899. The summed E-state index contributed by atoms with van der Waals surface area (Å²) >= 11 is 0. The van der Waals surface area contributed by atoms with Gasteiger partial charge < -0.3 is 4.57 Å². The fourth-order valence-electron chi connectivity index (χ4n) is 2.15. The molecule has 0 aliphatic heterocycles. The van der Waals surface area contributed by atoms with E-state index in [0.717, 1.165) is 18.2 Å². The first-order valence-electron chi connectivity index (χ1n) is 7.46. The molecule has 2 rings (SSSR count). The van der Waals surface area contributed by atoms with E-state index in [1.165, 1.54) is 46.6 Å². The van der Waals surface area contributed by atoms with Crippen molar-refractivity contribution in [3.63, 3.8) is 0 Å². The number of pyridine rings is 1. The average molecular weight is 364 g/mol. The summed E-state index contributed by atoms with van der Waals surface area (Å²) in [5, 5.41) is 8.42. The van der Waals surface area contributed by atoms with E-state index in [1.807, 2.05) is 0 Å². The van der Waals surface area contributed by atoms with Crippen molar-refractivity contribution >= 4 is 18.1 Å². The summed E-state index contributed by atoms with van der Waals surface area (Å²) in [4.78, 5) is 23.2. The molecule has 0 aliphatic carbocycles. The Kier molecular flexibility index (Phi) is 6.13. The number of carbonyl (C=O) groups excluding carboxylic acids is 1. The summed E-state index contributed by atoms with van der Waals surface area (Å²) in [5.41, 5.74) is 0.871. The van der Waals surface area contributed by atoms with Crippen LogP contribution in [-0.2, 0) is 17.5 Å². The Hall–Kier alpha value is -3.13. The molecule has 136 valence electrons. The first-order chi connectivity index (χ1) is 12.3. The highest BCUT2D eigenvalue weighted by molar-refractivity contribution is 5.90. The number of nitrogens with one attached hydrogen (secondary N) is 1. The molecule has 0 bridgehead atoms. The lowest BCUT2D eigenvalue weighted by Crippen LogP contribution is -2.21. The molecule has 2 aromatic rings. The number of rotatable bonds is 5. The van der Waals surface area contributed by atoms with Crippen molar-refractivity contribution in [2.45, 2.75) is 12.7 Å². The summed E-state index contributed by atoms with van der Waals surface area (Å²) in [7, 11) is 0. The Morgan fingerprint density at radius 2 is 1.96 bits per heavy atom. The highest BCUT2D eigenvalue weighted by Crippen LogP contribution is 2.29. The van der Waals surface area contributed by atoms with E-state index in [0.29, 0.717) is 5.56 Å². The maximum Gasteiger partial charge on any atom is 0.416 e. The number of amides is 1. The lowest BCUT2D eigenvalue weighted by Gasteiger charge is -2.07. The van der Waals surface area contributed by atoms with Crippen molar-refractivity contribution in [2.75, 3.05) is 0 Å². The molecule has 1 amide bonds. The van der Waals surface area contributed by atoms with Gasteiger partial charge in [-0.3, -0.25) is 14.8 Å². The minimum Gasteiger partial charge on any atom is -0.311 e. The van der Waals surface area contributed by atoms with Gasteiger partial charge in [-0.15, -0.1) is 0 Å². The van der Waals surface area contributed by atoms with Crippen LogP contribution >= 0.6 is 0 Å². The molecule has 1 heterocycles. The summed E-state index contributed by atoms with van der Waals surface area (Å²) in [5.74, 6) is -0.774. The van der Waals surface area contributed by atoms with Gasteiger partial charge in [0.15, 0.2) is 0 Å². The molecule has 8 heteroatoms. The third-order valence-electron chi connectivity index (χ3n) is 3.40. The zero-order valence-corrected chi connectivity index (χ0v) is 13.4. The largest absolute Gasteiger partial charge is 0.416 e. The topological polar surface area (TPSA) is 71.3 Å². The van der Waals surface area contributed by atoms with E-state index in [4.69, 9.17) is 5.21 Å². The number of alkyl halides is 3. The number of nitrogens with zero attached hydrogens (tertiary/aromatic N) is 1. The molecule has 5 nitrogen and oxygen atoms in total. The summed E-state index contributed by atoms with van der Waals surface area (Å²) in [6, 6.07) is 7.94. The second-order valence-electron chi connectivity index (χ2n) is 5.26. The van der Waals surface area contributed by atoms with Crippen molar-refractivity contribution in [3.05, 3.63) is 81.8 Å². The van der Waals surface area contributed by atoms with Crippen LogP contribution in [0.1, 0.15) is 16.7 Å². The number of carbonyl (C=O) groups is 1. The zero-order valence-electron chi connectivity index (χ0n) is 13.4. The Morgan fingerprint density at radius 1 is 1.19 bits per heavy atom. The summed E-state index contributed by atoms with van der Waals surface area (Å²) < 4.78 is 39.4. The molecular weight excluding hydrogens is 349 g/mol. The lowest BCUT2D eigenvalue weighted by molar-refractivity contribution is -0.137. The summed E-state index contributed by atoms with van der Waals surface area (Å²) in [6.45, 7) is 0.142. The fraction of sp³-hybridized carbons (Fsp3) is 0.111. The standard InChI is InChI=1S/C18H15F3N2O3/c19-18(20,21)15-7-1-4-13(12-15)5-2-10-23-11-3-6-14(17(23)25)8-9-16(24)22-26/h1-9,11-12,26H,10H2,(H,22,24)/b5-2+,9-8+. The number of halogens is 3. The molecule has 0 unspecified atom stereocenters. The van der Waals surface area contributed by atoms with Gasteiger partial charge >= 0.3 is 6.18 Å². The van der Waals surface area contributed by atoms with Crippen LogP contribution in [-0.4, -0.2) is 15.7 Å². The van der Waals surface area contributed by atoms with Gasteiger partial charge in [0.2, 0.25) is 0 Å². The maximum absolute atomic E-state index is 12.7. The highest BCUT2D eigenvalue weighted by Gasteiger charge is 2.30. The second-order valence-corrected chi connectivity index (χ2v) is 5.26. The number of allylic oxidation sites excluding steroid dienone is 1. The van der Waals surface area contributed by atoms with Gasteiger partial charge in [-0.2, -0.15) is 13.2 Å². The van der Waals surface area contributed by atoms with Crippen LogP contribution in [0.5, 0.6) is 0 Å². The Morgan fingerprint density at radius 3 is 2.65 bits per heavy atom. The van der Waals surface area contributed by atoms with Crippen molar-refractivity contribution in [2.24, 2.45) is 0 Å². The first-order valence-corrected chi connectivity index (χ1v) is 7.46. The van der Waals surface area contributed by atoms with Gasteiger partial charge in [-0.1, -0.05) is 24.3 Å². The van der Waals surface area contributed by atoms with Crippen molar-refractivity contribution in [1.82, 2.24) is 10.0 Å². The van der Waals surface area contributed by atoms with Gasteiger partial charge in [0.1, 0.15) is 0 Å². The molecule has 0 aliphatic rings. The van der Waals surface area contributed by atoms with Gasteiger partial charge in [0.05, 0.1) is 5.56 Å². The Labute approximate surface area is 146 Å². The Balaban J connectivity index is 2.15. The third kappa shape index (κ3) is 5.18. The van der Waals surface area contributed by atoms with E-state index in [9.17, 15) is 22.8 Å². The number of hydrogen-bond acceptors (Lipinski definition) is 3. The molecule has 1 aromatic heterocycles. The predicted octanol–water partition coefficient (Wildman–Crippen LogP) is 3.10. The monoisotopic (exact) mass is 364 g/mol. The third-order valence-corrected chi connectivity index (χ3v) is 3.40. The molecular formula is C18H15F3N2O3. The number of benzene rings is 1. The minimum absolute atomic E-state index is 0.142.